The highest BCUT2D eigenvalue weighted by Gasteiger charge is 2.20. The predicted molar refractivity (Wildman–Crippen MR) is 117 cm³/mol. The fourth-order valence-electron chi connectivity index (χ4n) is 2.66. The number of nitrogens with zero attached hydrogens (tertiary/aromatic N) is 1. The lowest BCUT2D eigenvalue weighted by atomic mass is 9.98. The van der Waals surface area contributed by atoms with Crippen LogP contribution in [0.1, 0.15) is 5.69 Å². The fraction of sp³-hybridized carbons (Fsp3) is 0.0526. The number of hydrogen-bond donors (Lipinski definition) is 1. The van der Waals surface area contributed by atoms with Crippen LogP contribution in [-0.2, 0) is 11.2 Å². The van der Waals surface area contributed by atoms with Crippen LogP contribution >= 0.6 is 69.6 Å². The van der Waals surface area contributed by atoms with Gasteiger partial charge in [-0.1, -0.05) is 75.7 Å². The van der Waals surface area contributed by atoms with E-state index in [1.54, 1.807) is 24.3 Å². The highest BCUT2D eigenvalue weighted by atomic mass is 35.5. The number of carbonyl (C=O) groups is 1. The van der Waals surface area contributed by atoms with Gasteiger partial charge in [0.25, 0.3) is 0 Å². The number of aromatic nitrogens is 1. The zero-order chi connectivity index (χ0) is 20.6. The minimum absolute atomic E-state index is 0.219. The van der Waals surface area contributed by atoms with Gasteiger partial charge in [0.1, 0.15) is 0 Å². The van der Waals surface area contributed by atoms with Gasteiger partial charge in [0.05, 0.1) is 37.9 Å². The molecule has 9 heteroatoms. The van der Waals surface area contributed by atoms with Gasteiger partial charge in [-0.15, -0.1) is 0 Å². The SMILES string of the molecule is O=C(O)Cc1ccc(-c2cc(Cl)cc(Cl)c2Cl)c(-c2cc(Cl)cc(Cl)c2Cl)n1. The van der Waals surface area contributed by atoms with E-state index in [-0.39, 0.29) is 26.5 Å². The molecule has 2 aromatic carbocycles. The third-order valence-corrected chi connectivity index (χ3v) is 5.86. The number of carboxylic acid groups (broad SMARTS) is 1. The van der Waals surface area contributed by atoms with Crippen molar-refractivity contribution in [1.82, 2.24) is 4.98 Å². The smallest absolute Gasteiger partial charge is 0.309 e. The van der Waals surface area contributed by atoms with Gasteiger partial charge in [-0.25, -0.2) is 0 Å². The van der Waals surface area contributed by atoms with Crippen molar-refractivity contribution in [3.8, 4) is 22.4 Å². The van der Waals surface area contributed by atoms with Gasteiger partial charge in [-0.05, 0) is 30.3 Å². The summed E-state index contributed by atoms with van der Waals surface area (Å²) in [6, 6.07) is 9.50. The minimum atomic E-state index is -1.02. The molecule has 144 valence electrons. The van der Waals surface area contributed by atoms with Crippen molar-refractivity contribution in [3.63, 3.8) is 0 Å². The van der Waals surface area contributed by atoms with Crippen LogP contribution in [0.2, 0.25) is 30.1 Å². The van der Waals surface area contributed by atoms with E-state index < -0.39 is 5.97 Å². The molecule has 0 radical (unpaired) electrons. The zero-order valence-electron chi connectivity index (χ0n) is 13.7. The molecule has 0 fully saturated rings. The Morgan fingerprint density at radius 1 is 0.786 bits per heavy atom. The molecule has 0 aliphatic rings. The van der Waals surface area contributed by atoms with E-state index >= 15 is 0 Å². The summed E-state index contributed by atoms with van der Waals surface area (Å²) in [6.45, 7) is 0. The minimum Gasteiger partial charge on any atom is -0.481 e. The first-order valence-corrected chi connectivity index (χ1v) is 9.95. The van der Waals surface area contributed by atoms with Crippen LogP contribution in [0.3, 0.4) is 0 Å². The van der Waals surface area contributed by atoms with Crippen LogP contribution in [0.5, 0.6) is 0 Å². The van der Waals surface area contributed by atoms with Crippen LogP contribution < -0.4 is 0 Å². The molecule has 3 nitrogen and oxygen atoms in total. The number of rotatable bonds is 4. The maximum atomic E-state index is 11.1. The van der Waals surface area contributed by atoms with Crippen LogP contribution in [0.15, 0.2) is 36.4 Å². The molecule has 0 saturated heterocycles. The lowest BCUT2D eigenvalue weighted by Gasteiger charge is -2.15. The molecule has 0 atom stereocenters. The van der Waals surface area contributed by atoms with Crippen molar-refractivity contribution in [2.45, 2.75) is 6.42 Å². The zero-order valence-corrected chi connectivity index (χ0v) is 18.3. The van der Waals surface area contributed by atoms with Gasteiger partial charge < -0.3 is 5.11 Å². The number of aliphatic carboxylic acids is 1. The summed E-state index contributed by atoms with van der Waals surface area (Å²) in [5, 5.41) is 10.8. The normalized spacial score (nSPS) is 10.9. The predicted octanol–water partition coefficient (Wildman–Crippen LogP) is 7.96. The molecule has 0 unspecified atom stereocenters. The third kappa shape index (κ3) is 4.51. The van der Waals surface area contributed by atoms with Gasteiger partial charge in [0.15, 0.2) is 0 Å². The third-order valence-electron chi connectivity index (χ3n) is 3.82. The Morgan fingerprint density at radius 2 is 1.32 bits per heavy atom. The second kappa shape index (κ2) is 8.66. The first-order chi connectivity index (χ1) is 13.2. The van der Waals surface area contributed by atoms with Crippen molar-refractivity contribution in [2.75, 3.05) is 0 Å². The summed E-state index contributed by atoms with van der Waals surface area (Å²) in [5.74, 6) is -1.02. The number of carboxylic acids is 1. The van der Waals surface area contributed by atoms with E-state index in [0.717, 1.165) is 0 Å². The summed E-state index contributed by atoms with van der Waals surface area (Å²) in [7, 11) is 0. The molecule has 3 rings (SSSR count). The quantitative estimate of drug-likeness (QED) is 0.373. The van der Waals surface area contributed by atoms with E-state index in [0.29, 0.717) is 38.1 Å². The molecule has 1 aromatic heterocycles. The molecule has 0 bridgehead atoms. The second-order valence-corrected chi connectivity index (χ2v) is 8.21. The standard InChI is InChI=1S/C19H9Cl6NO2/c20-8-3-12(17(24)14(22)5-8)11-2-1-10(7-16(27)28)26-19(11)13-4-9(21)6-15(23)18(13)25/h1-6H,7H2,(H,27,28). The van der Waals surface area contributed by atoms with Gasteiger partial charge in [0, 0.05) is 26.7 Å². The molecule has 0 aliphatic carbocycles. The fourth-order valence-corrected chi connectivity index (χ4v) is 4.05. The summed E-state index contributed by atoms with van der Waals surface area (Å²) in [6.07, 6.45) is -0.275. The van der Waals surface area contributed by atoms with E-state index in [1.165, 1.54) is 12.1 Å². The lowest BCUT2D eigenvalue weighted by Crippen LogP contribution is -2.04. The first-order valence-electron chi connectivity index (χ1n) is 7.69. The van der Waals surface area contributed by atoms with Gasteiger partial charge in [-0.2, -0.15) is 0 Å². The number of benzene rings is 2. The van der Waals surface area contributed by atoms with Crippen LogP contribution in [0.25, 0.3) is 22.4 Å². The van der Waals surface area contributed by atoms with Crippen LogP contribution in [-0.4, -0.2) is 16.1 Å². The van der Waals surface area contributed by atoms with Gasteiger partial charge >= 0.3 is 5.97 Å². The Bertz CT molecular complexity index is 1100. The number of pyridine rings is 1. The molecule has 0 spiro atoms. The van der Waals surface area contributed by atoms with Crippen molar-refractivity contribution >= 4 is 75.6 Å². The van der Waals surface area contributed by atoms with Gasteiger partial charge in [0.2, 0.25) is 0 Å². The highest BCUT2D eigenvalue weighted by molar-refractivity contribution is 6.46. The molecule has 0 amide bonds. The molecular weight excluding hydrogens is 487 g/mol. The number of halogens is 6. The van der Waals surface area contributed by atoms with Crippen molar-refractivity contribution in [3.05, 3.63) is 72.2 Å². The van der Waals surface area contributed by atoms with E-state index in [2.05, 4.69) is 4.98 Å². The summed E-state index contributed by atoms with van der Waals surface area (Å²) in [4.78, 5) is 15.6. The molecule has 0 saturated carbocycles. The topological polar surface area (TPSA) is 50.2 Å². The first kappa shape index (κ1) is 21.5. The molecule has 3 aromatic rings. The Morgan fingerprint density at radius 3 is 1.89 bits per heavy atom. The van der Waals surface area contributed by atoms with E-state index in [4.69, 9.17) is 74.7 Å². The van der Waals surface area contributed by atoms with Crippen molar-refractivity contribution in [2.24, 2.45) is 0 Å². The average Bonchev–Trinajstić information content (AvgIpc) is 2.61. The molecule has 28 heavy (non-hydrogen) atoms. The molecule has 0 aliphatic heterocycles. The van der Waals surface area contributed by atoms with Crippen LogP contribution in [0.4, 0.5) is 0 Å². The second-order valence-electron chi connectivity index (χ2n) is 5.77. The molecular formula is C19H9Cl6NO2. The van der Waals surface area contributed by atoms with Crippen molar-refractivity contribution in [1.29, 1.82) is 0 Å². The Hall–Kier alpha value is -1.20. The Labute approximate surface area is 190 Å². The van der Waals surface area contributed by atoms with E-state index in [1.807, 2.05) is 0 Å². The number of hydrogen-bond acceptors (Lipinski definition) is 2. The Balaban J connectivity index is 2.35. The lowest BCUT2D eigenvalue weighted by molar-refractivity contribution is -0.136. The summed E-state index contributed by atoms with van der Waals surface area (Å²) < 4.78 is 0. The average molecular weight is 496 g/mol. The van der Waals surface area contributed by atoms with E-state index in [9.17, 15) is 4.79 Å². The largest absolute Gasteiger partial charge is 0.481 e. The maximum absolute atomic E-state index is 11.1. The van der Waals surface area contributed by atoms with Crippen molar-refractivity contribution < 1.29 is 9.90 Å². The van der Waals surface area contributed by atoms with Crippen LogP contribution in [0, 0.1) is 0 Å². The maximum Gasteiger partial charge on any atom is 0.309 e. The summed E-state index contributed by atoms with van der Waals surface area (Å²) >= 11 is 37.4. The monoisotopic (exact) mass is 493 g/mol. The van der Waals surface area contributed by atoms with Gasteiger partial charge in [-0.3, -0.25) is 9.78 Å². The molecule has 1 heterocycles. The highest BCUT2D eigenvalue weighted by Crippen LogP contribution is 2.43. The summed E-state index contributed by atoms with van der Waals surface area (Å²) in [5.41, 5.74) is 2.16. The Kier molecular flexibility index (Phi) is 6.65. The molecule has 1 N–H and O–H groups in total.